The highest BCUT2D eigenvalue weighted by Gasteiger charge is 2.32. The van der Waals surface area contributed by atoms with Crippen LogP contribution >= 0.6 is 0 Å². The van der Waals surface area contributed by atoms with Crippen LogP contribution in [0.1, 0.15) is 62.1 Å². The number of nitrogens with one attached hydrogen (secondary N) is 2. The fraction of sp³-hybridized carbons (Fsp3) is 0.233. The van der Waals surface area contributed by atoms with Gasteiger partial charge in [0.1, 0.15) is 17.8 Å². The average Bonchev–Trinajstić information content (AvgIpc) is 4.04. The minimum Gasteiger partial charge on any atom is -0.381 e. The van der Waals surface area contributed by atoms with Crippen LogP contribution in [0, 0.1) is 0 Å². The molecule has 0 aliphatic carbocycles. The molecule has 3 aromatic carbocycles. The molecule has 0 radical (unpaired) electrons. The highest BCUT2D eigenvalue weighted by Crippen LogP contribution is 2.30. The SMILES string of the molecule is NC(=O)C(=O)C(Cc1ccccc1)NC(=O)c1cn(C(F)F)nc1-c1ccc2cc(Cn3cc(C(=O)NC(Cc4ccccc4)C(=O)C(N)=O)c(C4CCOC4)n3)ncc2c1. The average molecular weight is 832 g/mol. The van der Waals surface area contributed by atoms with Crippen LogP contribution in [0.4, 0.5) is 8.78 Å². The van der Waals surface area contributed by atoms with Crippen LogP contribution in [0.25, 0.3) is 22.0 Å². The minimum absolute atomic E-state index is 0.0445. The summed E-state index contributed by atoms with van der Waals surface area (Å²) in [5.74, 6) is -6.18. The van der Waals surface area contributed by atoms with Gasteiger partial charge in [0.15, 0.2) is 0 Å². The van der Waals surface area contributed by atoms with Gasteiger partial charge in [0.05, 0.1) is 35.7 Å². The van der Waals surface area contributed by atoms with E-state index in [0.717, 1.165) is 6.20 Å². The van der Waals surface area contributed by atoms with Gasteiger partial charge in [0.25, 0.3) is 23.6 Å². The number of aromatic nitrogens is 5. The van der Waals surface area contributed by atoms with E-state index in [0.29, 0.717) is 63.2 Å². The molecule has 18 heteroatoms. The molecule has 7 rings (SSSR count). The molecule has 3 unspecified atom stereocenters. The van der Waals surface area contributed by atoms with Crippen molar-refractivity contribution >= 4 is 46.0 Å². The number of amides is 4. The number of benzene rings is 3. The number of ether oxygens (including phenoxy) is 1. The lowest BCUT2D eigenvalue weighted by Crippen LogP contribution is -2.47. The van der Waals surface area contributed by atoms with Crippen LogP contribution in [0.3, 0.4) is 0 Å². The number of carbonyl (C=O) groups is 6. The number of pyridine rings is 1. The number of hydrogen-bond donors (Lipinski definition) is 4. The second-order valence-corrected chi connectivity index (χ2v) is 14.5. The van der Waals surface area contributed by atoms with Crippen LogP contribution in [-0.4, -0.2) is 85.0 Å². The number of nitrogens with zero attached hydrogens (tertiary/aromatic N) is 5. The number of primary amides is 2. The van der Waals surface area contributed by atoms with E-state index in [1.54, 1.807) is 102 Å². The molecule has 16 nitrogen and oxygen atoms in total. The first kappa shape index (κ1) is 41.7. The fourth-order valence-corrected chi connectivity index (χ4v) is 7.14. The first-order valence-corrected chi connectivity index (χ1v) is 19.1. The zero-order valence-corrected chi connectivity index (χ0v) is 32.4. The van der Waals surface area contributed by atoms with Crippen molar-refractivity contribution in [2.45, 2.75) is 50.4 Å². The van der Waals surface area contributed by atoms with Gasteiger partial charge in [-0.05, 0) is 35.1 Å². The Morgan fingerprint density at radius 3 is 1.92 bits per heavy atom. The van der Waals surface area contributed by atoms with Crippen LogP contribution in [0.15, 0.2) is 104 Å². The lowest BCUT2D eigenvalue weighted by molar-refractivity contribution is -0.137. The maximum atomic E-state index is 13.9. The smallest absolute Gasteiger partial charge is 0.333 e. The zero-order chi connectivity index (χ0) is 43.2. The zero-order valence-electron chi connectivity index (χ0n) is 32.4. The van der Waals surface area contributed by atoms with Gasteiger partial charge in [-0.1, -0.05) is 72.8 Å². The van der Waals surface area contributed by atoms with Gasteiger partial charge < -0.3 is 26.8 Å². The highest BCUT2D eigenvalue weighted by atomic mass is 19.3. The maximum absolute atomic E-state index is 13.9. The van der Waals surface area contributed by atoms with Crippen molar-refractivity contribution in [1.29, 1.82) is 0 Å². The number of Topliss-reactive ketones (excluding diaryl/α,β-unsaturated/α-hetero) is 2. The summed E-state index contributed by atoms with van der Waals surface area (Å²) in [7, 11) is 0. The highest BCUT2D eigenvalue weighted by molar-refractivity contribution is 6.38. The van der Waals surface area contributed by atoms with Crippen LogP contribution < -0.4 is 22.1 Å². The predicted molar refractivity (Wildman–Crippen MR) is 215 cm³/mol. The largest absolute Gasteiger partial charge is 0.381 e. The number of nitrogens with two attached hydrogens (primary N) is 2. The van der Waals surface area contributed by atoms with Gasteiger partial charge >= 0.3 is 6.55 Å². The number of halogens is 2. The van der Waals surface area contributed by atoms with E-state index in [1.807, 2.05) is 0 Å². The number of rotatable bonds is 17. The molecule has 1 aliphatic heterocycles. The standard InChI is InChI=1S/C43H39F2N9O7/c44-43(45)54-22-32(42(60)50-34(38(56)40(47)58)16-25-9-5-2-6-10-25)35(52-54)27-12-11-26-18-30(48-19-29(26)17-27)20-53-21-31(36(51-53)28-13-14-61-23-28)41(59)49-33(37(55)39(46)57)15-24-7-3-1-4-8-24/h1-12,17-19,21-22,28,33-34,43H,13-16,20,23H2,(H2,46,57)(H2,47,58)(H,49,59)(H,50,60). The Morgan fingerprint density at radius 1 is 0.754 bits per heavy atom. The number of alkyl halides is 2. The first-order valence-electron chi connectivity index (χ1n) is 19.1. The first-order chi connectivity index (χ1) is 29.3. The van der Waals surface area contributed by atoms with Crippen molar-refractivity contribution in [3.63, 3.8) is 0 Å². The molecule has 0 saturated carbocycles. The molecule has 3 atom stereocenters. The summed E-state index contributed by atoms with van der Waals surface area (Å²) >= 11 is 0. The van der Waals surface area contributed by atoms with Crippen LogP contribution in [-0.2, 0) is 43.3 Å². The molecule has 0 bridgehead atoms. The molecule has 6 N–H and O–H groups in total. The molecule has 61 heavy (non-hydrogen) atoms. The second-order valence-electron chi connectivity index (χ2n) is 14.5. The lowest BCUT2D eigenvalue weighted by atomic mass is 9.99. The molecule has 4 amide bonds. The van der Waals surface area contributed by atoms with Crippen molar-refractivity contribution in [1.82, 2.24) is 35.2 Å². The van der Waals surface area contributed by atoms with Crippen LogP contribution in [0.2, 0.25) is 0 Å². The molecule has 312 valence electrons. The van der Waals surface area contributed by atoms with E-state index < -0.39 is 53.8 Å². The number of carbonyl (C=O) groups excluding carboxylic acids is 6. The van der Waals surface area contributed by atoms with Crippen molar-refractivity contribution in [3.8, 4) is 11.3 Å². The minimum atomic E-state index is -3.10. The number of hydrogen-bond acceptors (Lipinski definition) is 10. The predicted octanol–water partition coefficient (Wildman–Crippen LogP) is 3.03. The summed E-state index contributed by atoms with van der Waals surface area (Å²) in [6.07, 6.45) is 4.53. The normalized spacial score (nSPS) is 14.7. The van der Waals surface area contributed by atoms with Crippen molar-refractivity contribution in [2.24, 2.45) is 11.5 Å². The molecular weight excluding hydrogens is 793 g/mol. The molecule has 4 heterocycles. The van der Waals surface area contributed by atoms with Gasteiger partial charge in [0.2, 0.25) is 11.6 Å². The monoisotopic (exact) mass is 831 g/mol. The molecule has 0 spiro atoms. The Hall–Kier alpha value is -7.47. The van der Waals surface area contributed by atoms with E-state index in [2.05, 4.69) is 20.7 Å². The van der Waals surface area contributed by atoms with E-state index >= 15 is 0 Å². The molecule has 1 fully saturated rings. The van der Waals surface area contributed by atoms with Crippen LogP contribution in [0.5, 0.6) is 0 Å². The Kier molecular flexibility index (Phi) is 12.4. The Morgan fingerprint density at radius 2 is 1.36 bits per heavy atom. The molecule has 6 aromatic rings. The maximum Gasteiger partial charge on any atom is 0.333 e. The summed E-state index contributed by atoms with van der Waals surface area (Å²) in [5.41, 5.74) is 13.1. The summed E-state index contributed by atoms with van der Waals surface area (Å²) < 4.78 is 35.3. The molecule has 3 aromatic heterocycles. The Labute approximate surface area is 346 Å². The lowest BCUT2D eigenvalue weighted by Gasteiger charge is -2.17. The molecular formula is C43H39F2N9O7. The third-order valence-electron chi connectivity index (χ3n) is 10.2. The second kappa shape index (κ2) is 18.2. The van der Waals surface area contributed by atoms with E-state index in [9.17, 15) is 37.5 Å². The molecule has 1 saturated heterocycles. The third-order valence-corrected chi connectivity index (χ3v) is 10.2. The summed E-state index contributed by atoms with van der Waals surface area (Å²) in [4.78, 5) is 81.3. The van der Waals surface area contributed by atoms with E-state index in [1.165, 1.54) is 0 Å². The fourth-order valence-electron chi connectivity index (χ4n) is 7.14. The number of fused-ring (bicyclic) bond motifs is 1. The van der Waals surface area contributed by atoms with Gasteiger partial charge in [-0.25, -0.2) is 4.68 Å². The molecule has 1 aliphatic rings. The van der Waals surface area contributed by atoms with Crippen molar-refractivity contribution < 1.29 is 42.3 Å². The topological polar surface area (TPSA) is 236 Å². The quantitative estimate of drug-likeness (QED) is 0.0981. The van der Waals surface area contributed by atoms with Crippen molar-refractivity contribution in [2.75, 3.05) is 13.2 Å². The number of ketones is 2. The van der Waals surface area contributed by atoms with Gasteiger partial charge in [-0.15, -0.1) is 0 Å². The summed E-state index contributed by atoms with van der Waals surface area (Å²) in [6.45, 7) is -2.17. The van der Waals surface area contributed by atoms with Gasteiger partial charge in [-0.2, -0.15) is 19.0 Å². The van der Waals surface area contributed by atoms with E-state index in [-0.39, 0.29) is 42.1 Å². The Bertz CT molecular complexity index is 2630. The van der Waals surface area contributed by atoms with Crippen molar-refractivity contribution in [3.05, 3.63) is 137 Å². The third kappa shape index (κ3) is 9.71. The van der Waals surface area contributed by atoms with E-state index in [4.69, 9.17) is 21.3 Å². The summed E-state index contributed by atoms with van der Waals surface area (Å²) in [6, 6.07) is 21.5. The van der Waals surface area contributed by atoms with Gasteiger partial charge in [-0.3, -0.25) is 38.4 Å². The summed E-state index contributed by atoms with van der Waals surface area (Å²) in [5, 5.41) is 15.1. The Balaban J connectivity index is 1.13. The van der Waals surface area contributed by atoms with Gasteiger partial charge in [0, 0.05) is 54.9 Å².